The van der Waals surface area contributed by atoms with Crippen molar-refractivity contribution in [2.24, 2.45) is 0 Å². The number of pyridine rings is 1. The summed E-state index contributed by atoms with van der Waals surface area (Å²) >= 11 is 0.872. The predicted octanol–water partition coefficient (Wildman–Crippen LogP) is 2.57. The van der Waals surface area contributed by atoms with Gasteiger partial charge in [-0.1, -0.05) is 11.8 Å². The molecule has 2 aromatic rings. The van der Waals surface area contributed by atoms with E-state index >= 15 is 0 Å². The highest BCUT2D eigenvalue weighted by Crippen LogP contribution is 2.40. The molecule has 0 aliphatic carbocycles. The number of fused-ring (bicyclic) bond motifs is 1. The molecule has 162 valence electrons. The number of hydrogen-bond acceptors (Lipinski definition) is 6. The van der Waals surface area contributed by atoms with Crippen LogP contribution in [-0.4, -0.2) is 66.3 Å². The van der Waals surface area contributed by atoms with Gasteiger partial charge in [0, 0.05) is 38.6 Å². The van der Waals surface area contributed by atoms with E-state index in [1.54, 1.807) is 18.7 Å². The molecule has 10 heteroatoms. The molecule has 1 saturated heterocycles. The lowest BCUT2D eigenvalue weighted by atomic mass is 10.1. The first-order valence-corrected chi connectivity index (χ1v) is 10.3. The number of amides is 1. The zero-order chi connectivity index (χ0) is 22.1. The normalized spacial score (nSPS) is 15.8. The molecular formula is C20H23F3N4O2S. The Balaban J connectivity index is 1.86. The van der Waals surface area contributed by atoms with Gasteiger partial charge in [-0.2, -0.15) is 13.2 Å². The van der Waals surface area contributed by atoms with Crippen molar-refractivity contribution >= 4 is 33.3 Å². The van der Waals surface area contributed by atoms with E-state index in [0.29, 0.717) is 32.7 Å². The van der Waals surface area contributed by atoms with Gasteiger partial charge in [0.1, 0.15) is 11.4 Å². The second-order valence-corrected chi connectivity index (χ2v) is 8.44. The van der Waals surface area contributed by atoms with Crippen LogP contribution < -0.4 is 10.2 Å². The van der Waals surface area contributed by atoms with Crippen molar-refractivity contribution in [2.75, 3.05) is 44.7 Å². The first-order valence-electron chi connectivity index (χ1n) is 9.41. The molecule has 0 atom stereocenters. The minimum Gasteiger partial charge on any atom is -0.378 e. The number of piperazine rings is 1. The van der Waals surface area contributed by atoms with Crippen LogP contribution in [0.15, 0.2) is 11.4 Å². The molecule has 0 aromatic carbocycles. The fraction of sp³-hybridized carbons (Fsp3) is 0.500. The number of aliphatic hydroxyl groups is 1. The van der Waals surface area contributed by atoms with Crippen LogP contribution in [0.1, 0.15) is 29.8 Å². The second-order valence-electron chi connectivity index (χ2n) is 7.56. The highest BCUT2D eigenvalue weighted by Gasteiger charge is 2.36. The SMILES string of the molecule is CNC(=O)c1csc2c(C(F)(F)F)cc(N3CCN(CC#CC(C)(C)O)CC3)nc12. The first kappa shape index (κ1) is 22.3. The van der Waals surface area contributed by atoms with E-state index < -0.39 is 23.2 Å². The topological polar surface area (TPSA) is 68.7 Å². The van der Waals surface area contributed by atoms with Crippen molar-refractivity contribution in [3.05, 3.63) is 22.6 Å². The van der Waals surface area contributed by atoms with Gasteiger partial charge >= 0.3 is 6.18 Å². The zero-order valence-electron chi connectivity index (χ0n) is 16.9. The molecule has 1 aliphatic heterocycles. The van der Waals surface area contributed by atoms with E-state index in [1.165, 1.54) is 12.4 Å². The molecule has 3 heterocycles. The molecule has 3 rings (SSSR count). The lowest BCUT2D eigenvalue weighted by Crippen LogP contribution is -2.46. The van der Waals surface area contributed by atoms with Gasteiger partial charge in [-0.15, -0.1) is 11.3 Å². The van der Waals surface area contributed by atoms with Crippen LogP contribution in [0.3, 0.4) is 0 Å². The number of nitrogens with one attached hydrogen (secondary N) is 1. The fourth-order valence-corrected chi connectivity index (χ4v) is 4.19. The smallest absolute Gasteiger partial charge is 0.378 e. The molecule has 1 aliphatic rings. The molecular weight excluding hydrogens is 417 g/mol. The van der Waals surface area contributed by atoms with Crippen molar-refractivity contribution in [3.8, 4) is 11.8 Å². The van der Waals surface area contributed by atoms with Crippen LogP contribution in [0, 0.1) is 11.8 Å². The molecule has 0 bridgehead atoms. The maximum absolute atomic E-state index is 13.7. The van der Waals surface area contributed by atoms with Crippen molar-refractivity contribution < 1.29 is 23.1 Å². The second kappa shape index (κ2) is 8.41. The van der Waals surface area contributed by atoms with Crippen LogP contribution in [0.5, 0.6) is 0 Å². The van der Waals surface area contributed by atoms with Crippen LogP contribution >= 0.6 is 11.3 Å². The standard InChI is InChI=1S/C20H23F3N4O2S/c1-19(2,29)5-4-6-26-7-9-27(10-8-26)15-11-14(20(21,22)23)17-16(25-15)13(12-30-17)18(28)24-3/h11-12,29H,6-10H2,1-3H3,(H,24,28). The molecule has 0 radical (unpaired) electrons. The number of anilines is 1. The van der Waals surface area contributed by atoms with Crippen molar-refractivity contribution in [1.82, 2.24) is 15.2 Å². The van der Waals surface area contributed by atoms with Crippen molar-refractivity contribution in [1.29, 1.82) is 0 Å². The highest BCUT2D eigenvalue weighted by atomic mass is 32.1. The number of hydrogen-bond donors (Lipinski definition) is 2. The van der Waals surface area contributed by atoms with E-state index in [1.807, 2.05) is 0 Å². The molecule has 1 fully saturated rings. The van der Waals surface area contributed by atoms with E-state index in [4.69, 9.17) is 0 Å². The number of carbonyl (C=O) groups excluding carboxylic acids is 1. The maximum atomic E-state index is 13.7. The maximum Gasteiger partial charge on any atom is 0.417 e. The number of thiophene rings is 1. The van der Waals surface area contributed by atoms with E-state index in [9.17, 15) is 23.1 Å². The Morgan fingerprint density at radius 3 is 2.53 bits per heavy atom. The first-order chi connectivity index (χ1) is 14.0. The van der Waals surface area contributed by atoms with Gasteiger partial charge in [-0.25, -0.2) is 4.98 Å². The summed E-state index contributed by atoms with van der Waals surface area (Å²) in [7, 11) is 1.43. The van der Waals surface area contributed by atoms with Gasteiger partial charge in [0.05, 0.1) is 27.9 Å². The van der Waals surface area contributed by atoms with Gasteiger partial charge in [-0.3, -0.25) is 9.69 Å². The predicted molar refractivity (Wildman–Crippen MR) is 111 cm³/mol. The Bertz CT molecular complexity index is 994. The zero-order valence-corrected chi connectivity index (χ0v) is 17.7. The third kappa shape index (κ3) is 5.03. The van der Waals surface area contributed by atoms with Crippen LogP contribution in [0.2, 0.25) is 0 Å². The largest absolute Gasteiger partial charge is 0.417 e. The van der Waals surface area contributed by atoms with E-state index in [-0.39, 0.29) is 21.6 Å². The number of alkyl halides is 3. The molecule has 30 heavy (non-hydrogen) atoms. The average Bonchev–Trinajstić information content (AvgIpc) is 3.09. The minimum atomic E-state index is -4.55. The lowest BCUT2D eigenvalue weighted by Gasteiger charge is -2.34. The van der Waals surface area contributed by atoms with E-state index in [0.717, 1.165) is 17.4 Å². The Morgan fingerprint density at radius 2 is 1.97 bits per heavy atom. The summed E-state index contributed by atoms with van der Waals surface area (Å²) in [6.07, 6.45) is -4.55. The molecule has 1 amide bonds. The summed E-state index contributed by atoms with van der Waals surface area (Å²) in [6.45, 7) is 5.87. The summed E-state index contributed by atoms with van der Waals surface area (Å²) in [5, 5.41) is 13.5. The molecule has 2 N–H and O–H groups in total. The molecule has 0 saturated carbocycles. The number of aromatic nitrogens is 1. The van der Waals surface area contributed by atoms with Crippen molar-refractivity contribution in [2.45, 2.75) is 25.6 Å². The highest BCUT2D eigenvalue weighted by molar-refractivity contribution is 7.17. The Hall–Kier alpha value is -2.35. The number of rotatable bonds is 3. The van der Waals surface area contributed by atoms with E-state index in [2.05, 4.69) is 27.0 Å². The lowest BCUT2D eigenvalue weighted by molar-refractivity contribution is -0.136. The molecule has 2 aromatic heterocycles. The number of halogens is 3. The quantitative estimate of drug-likeness (QED) is 0.719. The Kier molecular flexibility index (Phi) is 6.26. The Labute approximate surface area is 176 Å². The van der Waals surface area contributed by atoms with Crippen LogP contribution in [-0.2, 0) is 6.18 Å². The molecule has 6 nitrogen and oxygen atoms in total. The van der Waals surface area contributed by atoms with Gasteiger partial charge in [-0.05, 0) is 19.9 Å². The fourth-order valence-electron chi connectivity index (χ4n) is 3.17. The van der Waals surface area contributed by atoms with Crippen molar-refractivity contribution in [3.63, 3.8) is 0 Å². The van der Waals surface area contributed by atoms with Gasteiger partial charge in [0.2, 0.25) is 0 Å². The van der Waals surface area contributed by atoms with Crippen LogP contribution in [0.25, 0.3) is 10.2 Å². The average molecular weight is 440 g/mol. The Morgan fingerprint density at radius 1 is 1.30 bits per heavy atom. The minimum absolute atomic E-state index is 0.0367. The molecule has 0 spiro atoms. The molecule has 0 unspecified atom stereocenters. The summed E-state index contributed by atoms with van der Waals surface area (Å²) in [5.41, 5.74) is -1.62. The number of carbonyl (C=O) groups is 1. The van der Waals surface area contributed by atoms with Gasteiger partial charge in [0.15, 0.2) is 0 Å². The third-order valence-electron chi connectivity index (χ3n) is 4.68. The summed E-state index contributed by atoms with van der Waals surface area (Å²) in [5.74, 6) is 5.42. The summed E-state index contributed by atoms with van der Waals surface area (Å²) in [4.78, 5) is 20.4. The number of nitrogens with zero attached hydrogens (tertiary/aromatic N) is 3. The van der Waals surface area contributed by atoms with Crippen LogP contribution in [0.4, 0.5) is 19.0 Å². The summed E-state index contributed by atoms with van der Waals surface area (Å²) in [6, 6.07) is 1.07. The van der Waals surface area contributed by atoms with Gasteiger partial charge < -0.3 is 15.3 Å². The van der Waals surface area contributed by atoms with Gasteiger partial charge in [0.25, 0.3) is 5.91 Å². The summed E-state index contributed by atoms with van der Waals surface area (Å²) < 4.78 is 41.0. The third-order valence-corrected chi connectivity index (χ3v) is 5.68. The monoisotopic (exact) mass is 440 g/mol.